The summed E-state index contributed by atoms with van der Waals surface area (Å²) in [5, 5.41) is 9.95. The normalized spacial score (nSPS) is 29.0. The minimum absolute atomic E-state index is 0.117. The summed E-state index contributed by atoms with van der Waals surface area (Å²) in [6.07, 6.45) is 0.929. The van der Waals surface area contributed by atoms with Gasteiger partial charge in [-0.15, -0.1) is 0 Å². The van der Waals surface area contributed by atoms with Crippen molar-refractivity contribution in [2.45, 2.75) is 24.9 Å². The summed E-state index contributed by atoms with van der Waals surface area (Å²) in [6.45, 7) is 0. The molecule has 86 valence electrons. The number of methoxy groups -OCH3 is 1. The highest BCUT2D eigenvalue weighted by Crippen LogP contribution is 2.40. The Morgan fingerprint density at radius 1 is 1.31 bits per heavy atom. The van der Waals surface area contributed by atoms with E-state index in [9.17, 15) is 9.90 Å². The second-order valence-corrected chi connectivity index (χ2v) is 4.21. The maximum absolute atomic E-state index is 11.6. The van der Waals surface area contributed by atoms with Gasteiger partial charge < -0.3 is 9.84 Å². The highest BCUT2D eigenvalue weighted by Gasteiger charge is 2.40. The van der Waals surface area contributed by atoms with Crippen molar-refractivity contribution in [2.75, 3.05) is 7.11 Å². The standard InChI is InChI=1S/C13H16O3/c1-16-13(15)10-7-8-11(14)12(10)9-5-3-2-4-6-9/h2-6,10-12,14H,7-8H2,1H3. The van der Waals surface area contributed by atoms with Crippen molar-refractivity contribution in [3.63, 3.8) is 0 Å². The van der Waals surface area contributed by atoms with Crippen molar-refractivity contribution in [1.82, 2.24) is 0 Å². The van der Waals surface area contributed by atoms with E-state index in [2.05, 4.69) is 0 Å². The molecular formula is C13H16O3. The van der Waals surface area contributed by atoms with Gasteiger partial charge in [0.15, 0.2) is 0 Å². The number of esters is 1. The molecule has 1 saturated carbocycles. The van der Waals surface area contributed by atoms with Crippen LogP contribution in [0.2, 0.25) is 0 Å². The van der Waals surface area contributed by atoms with Crippen LogP contribution in [0.5, 0.6) is 0 Å². The predicted octanol–water partition coefficient (Wildman–Crippen LogP) is 1.71. The maximum atomic E-state index is 11.6. The zero-order valence-corrected chi connectivity index (χ0v) is 9.30. The Hall–Kier alpha value is -1.35. The summed E-state index contributed by atoms with van der Waals surface area (Å²) in [5.41, 5.74) is 1.02. The van der Waals surface area contributed by atoms with Gasteiger partial charge in [-0.2, -0.15) is 0 Å². The highest BCUT2D eigenvalue weighted by molar-refractivity contribution is 5.74. The van der Waals surface area contributed by atoms with Gasteiger partial charge in [0.05, 0.1) is 19.1 Å². The molecule has 0 amide bonds. The average Bonchev–Trinajstić information content (AvgIpc) is 2.71. The predicted molar refractivity (Wildman–Crippen MR) is 59.9 cm³/mol. The number of ether oxygens (including phenoxy) is 1. The molecule has 1 aliphatic carbocycles. The first-order valence-electron chi connectivity index (χ1n) is 5.55. The lowest BCUT2D eigenvalue weighted by atomic mass is 9.88. The molecule has 1 aromatic rings. The van der Waals surface area contributed by atoms with Crippen molar-refractivity contribution in [3.8, 4) is 0 Å². The third-order valence-corrected chi connectivity index (χ3v) is 3.31. The molecule has 0 bridgehead atoms. The Balaban J connectivity index is 2.26. The number of hydrogen-bond donors (Lipinski definition) is 1. The number of aliphatic hydroxyl groups is 1. The van der Waals surface area contributed by atoms with Gasteiger partial charge in [-0.05, 0) is 18.4 Å². The molecule has 16 heavy (non-hydrogen) atoms. The van der Waals surface area contributed by atoms with Gasteiger partial charge in [0.2, 0.25) is 0 Å². The summed E-state index contributed by atoms with van der Waals surface area (Å²) in [7, 11) is 1.40. The van der Waals surface area contributed by atoms with Crippen LogP contribution in [0.25, 0.3) is 0 Å². The van der Waals surface area contributed by atoms with Crippen LogP contribution in [0.3, 0.4) is 0 Å². The van der Waals surface area contributed by atoms with Crippen LogP contribution >= 0.6 is 0 Å². The molecule has 0 aliphatic heterocycles. The topological polar surface area (TPSA) is 46.5 Å². The average molecular weight is 220 g/mol. The van der Waals surface area contributed by atoms with Crippen LogP contribution in [0.4, 0.5) is 0 Å². The van der Waals surface area contributed by atoms with Gasteiger partial charge in [0, 0.05) is 5.92 Å². The summed E-state index contributed by atoms with van der Waals surface area (Å²) >= 11 is 0. The summed E-state index contributed by atoms with van der Waals surface area (Å²) in [4.78, 5) is 11.6. The molecule has 1 fully saturated rings. The van der Waals surface area contributed by atoms with Crippen LogP contribution in [0, 0.1) is 5.92 Å². The number of carbonyl (C=O) groups excluding carboxylic acids is 1. The van der Waals surface area contributed by atoms with Crippen LogP contribution < -0.4 is 0 Å². The first kappa shape index (κ1) is 11.1. The van der Waals surface area contributed by atoms with E-state index in [-0.39, 0.29) is 17.8 Å². The number of benzene rings is 1. The largest absolute Gasteiger partial charge is 0.469 e. The maximum Gasteiger partial charge on any atom is 0.309 e. The van der Waals surface area contributed by atoms with Gasteiger partial charge in [0.25, 0.3) is 0 Å². The SMILES string of the molecule is COC(=O)C1CCC(O)C1c1ccccc1. The Morgan fingerprint density at radius 3 is 2.62 bits per heavy atom. The number of rotatable bonds is 2. The Labute approximate surface area is 95.0 Å². The summed E-state index contributed by atoms with van der Waals surface area (Å²) in [6, 6.07) is 9.69. The second-order valence-electron chi connectivity index (χ2n) is 4.21. The quantitative estimate of drug-likeness (QED) is 0.772. The van der Waals surface area contributed by atoms with Crippen molar-refractivity contribution in [3.05, 3.63) is 35.9 Å². The summed E-state index contributed by atoms with van der Waals surface area (Å²) < 4.78 is 4.78. The molecule has 3 nitrogen and oxygen atoms in total. The Kier molecular flexibility index (Phi) is 3.25. The van der Waals surface area contributed by atoms with Crippen LogP contribution in [0.1, 0.15) is 24.3 Å². The first-order chi connectivity index (χ1) is 7.74. The van der Waals surface area contributed by atoms with Crippen molar-refractivity contribution >= 4 is 5.97 Å². The molecule has 0 aromatic heterocycles. The fraction of sp³-hybridized carbons (Fsp3) is 0.462. The van der Waals surface area contributed by atoms with E-state index >= 15 is 0 Å². The van der Waals surface area contributed by atoms with Crippen molar-refractivity contribution in [2.24, 2.45) is 5.92 Å². The number of hydrogen-bond acceptors (Lipinski definition) is 3. The molecule has 0 heterocycles. The molecule has 1 N–H and O–H groups in total. The van der Waals surface area contributed by atoms with Gasteiger partial charge in [-0.3, -0.25) is 4.79 Å². The third-order valence-electron chi connectivity index (χ3n) is 3.31. The smallest absolute Gasteiger partial charge is 0.309 e. The monoisotopic (exact) mass is 220 g/mol. The molecule has 3 atom stereocenters. The lowest BCUT2D eigenvalue weighted by Crippen LogP contribution is -2.24. The van der Waals surface area contributed by atoms with E-state index in [4.69, 9.17) is 4.74 Å². The second kappa shape index (κ2) is 4.66. The molecule has 0 saturated heterocycles. The van der Waals surface area contributed by atoms with Gasteiger partial charge in [-0.1, -0.05) is 30.3 Å². The van der Waals surface area contributed by atoms with Crippen molar-refractivity contribution in [1.29, 1.82) is 0 Å². The molecule has 3 unspecified atom stereocenters. The molecule has 2 rings (SSSR count). The lowest BCUT2D eigenvalue weighted by Gasteiger charge is -2.20. The van der Waals surface area contributed by atoms with Gasteiger partial charge >= 0.3 is 5.97 Å². The van der Waals surface area contributed by atoms with E-state index in [1.807, 2.05) is 30.3 Å². The Morgan fingerprint density at radius 2 is 2.00 bits per heavy atom. The molecule has 0 spiro atoms. The van der Waals surface area contributed by atoms with Gasteiger partial charge in [-0.25, -0.2) is 0 Å². The molecule has 1 aliphatic rings. The van der Waals surface area contributed by atoms with E-state index in [1.165, 1.54) is 7.11 Å². The molecule has 3 heteroatoms. The fourth-order valence-corrected chi connectivity index (χ4v) is 2.52. The van der Waals surface area contributed by atoms with Gasteiger partial charge in [0.1, 0.15) is 0 Å². The minimum atomic E-state index is -0.438. The lowest BCUT2D eigenvalue weighted by molar-refractivity contribution is -0.146. The number of aliphatic hydroxyl groups excluding tert-OH is 1. The zero-order valence-electron chi connectivity index (χ0n) is 9.30. The Bertz CT molecular complexity index is 361. The zero-order chi connectivity index (χ0) is 11.5. The molecule has 1 aromatic carbocycles. The minimum Gasteiger partial charge on any atom is -0.469 e. The van der Waals surface area contributed by atoms with E-state index in [0.29, 0.717) is 12.8 Å². The summed E-state index contributed by atoms with van der Waals surface area (Å²) in [5.74, 6) is -0.540. The highest BCUT2D eigenvalue weighted by atomic mass is 16.5. The van der Waals surface area contributed by atoms with E-state index in [1.54, 1.807) is 0 Å². The van der Waals surface area contributed by atoms with Crippen LogP contribution in [0.15, 0.2) is 30.3 Å². The fourth-order valence-electron chi connectivity index (χ4n) is 2.52. The number of carbonyl (C=O) groups is 1. The first-order valence-corrected chi connectivity index (χ1v) is 5.55. The van der Waals surface area contributed by atoms with Crippen molar-refractivity contribution < 1.29 is 14.6 Å². The third kappa shape index (κ3) is 1.95. The van der Waals surface area contributed by atoms with Crippen LogP contribution in [-0.2, 0) is 9.53 Å². The molecule has 0 radical (unpaired) electrons. The van der Waals surface area contributed by atoms with E-state index in [0.717, 1.165) is 5.56 Å². The molecular weight excluding hydrogens is 204 g/mol. The van der Waals surface area contributed by atoms with E-state index < -0.39 is 6.10 Å². The van der Waals surface area contributed by atoms with Crippen LogP contribution in [-0.4, -0.2) is 24.3 Å².